The third-order valence-corrected chi connectivity index (χ3v) is 7.59. The van der Waals surface area contributed by atoms with Gasteiger partial charge in [-0.2, -0.15) is 0 Å². The number of sulfonamides is 1. The highest BCUT2D eigenvalue weighted by molar-refractivity contribution is 7.89. The quantitative estimate of drug-likeness (QED) is 0.287. The summed E-state index contributed by atoms with van der Waals surface area (Å²) in [6, 6.07) is 12.6. The van der Waals surface area contributed by atoms with E-state index in [0.29, 0.717) is 40.8 Å². The lowest BCUT2D eigenvalue weighted by Crippen LogP contribution is -2.25. The number of methoxy groups -OCH3 is 1. The number of hydrogen-bond donors (Lipinski definition) is 2. The van der Waals surface area contributed by atoms with Gasteiger partial charge in [-0.3, -0.25) is 4.79 Å². The summed E-state index contributed by atoms with van der Waals surface area (Å²) >= 11 is 1.34. The summed E-state index contributed by atoms with van der Waals surface area (Å²) in [7, 11) is -2.16. The van der Waals surface area contributed by atoms with Gasteiger partial charge in [-0.05, 0) is 49.9 Å². The highest BCUT2D eigenvalue weighted by Crippen LogP contribution is 2.25. The number of rotatable bonds is 12. The van der Waals surface area contributed by atoms with Crippen LogP contribution in [0.1, 0.15) is 45.6 Å². The fraction of sp³-hybridized carbons (Fsp3) is 0.333. The summed E-state index contributed by atoms with van der Waals surface area (Å²) in [5.74, 6) is 0.317. The molecule has 176 valence electrons. The fourth-order valence-electron chi connectivity index (χ4n) is 3.32. The van der Waals surface area contributed by atoms with Crippen LogP contribution >= 0.6 is 11.3 Å². The zero-order chi connectivity index (χ0) is 23.8. The van der Waals surface area contributed by atoms with Crippen molar-refractivity contribution in [2.24, 2.45) is 0 Å². The van der Waals surface area contributed by atoms with Crippen molar-refractivity contribution in [2.45, 2.75) is 38.0 Å². The third kappa shape index (κ3) is 6.63. The van der Waals surface area contributed by atoms with Gasteiger partial charge < -0.3 is 10.1 Å². The van der Waals surface area contributed by atoms with Gasteiger partial charge >= 0.3 is 0 Å². The molecular weight excluding hydrogens is 458 g/mol. The van der Waals surface area contributed by atoms with Crippen molar-refractivity contribution < 1.29 is 17.9 Å². The van der Waals surface area contributed by atoms with Gasteiger partial charge in [-0.15, -0.1) is 0 Å². The molecule has 3 rings (SSSR count). The Kier molecular flexibility index (Phi) is 8.60. The number of unbranched alkanes of at least 4 members (excludes halogenated alkanes) is 2. The van der Waals surface area contributed by atoms with Crippen molar-refractivity contribution in [1.29, 1.82) is 0 Å². The lowest BCUT2D eigenvalue weighted by atomic mass is 10.0. The van der Waals surface area contributed by atoms with E-state index >= 15 is 0 Å². The van der Waals surface area contributed by atoms with Gasteiger partial charge in [0, 0.05) is 18.7 Å². The second-order valence-corrected chi connectivity index (χ2v) is 10.5. The number of nitrogens with one attached hydrogen (secondary N) is 2. The highest BCUT2D eigenvalue weighted by Gasteiger charge is 2.19. The zero-order valence-electron chi connectivity index (χ0n) is 19.1. The van der Waals surface area contributed by atoms with Crippen molar-refractivity contribution >= 4 is 32.3 Å². The molecule has 0 fully saturated rings. The Morgan fingerprint density at radius 1 is 1.06 bits per heavy atom. The first kappa shape index (κ1) is 24.9. The van der Waals surface area contributed by atoms with Gasteiger partial charge in [-0.1, -0.05) is 48.1 Å². The van der Waals surface area contributed by atoms with E-state index in [1.165, 1.54) is 18.4 Å². The van der Waals surface area contributed by atoms with E-state index in [4.69, 9.17) is 4.74 Å². The molecule has 33 heavy (non-hydrogen) atoms. The third-order valence-electron chi connectivity index (χ3n) is 5.15. The Morgan fingerprint density at radius 3 is 2.58 bits per heavy atom. The van der Waals surface area contributed by atoms with Crippen LogP contribution in [0.2, 0.25) is 0 Å². The van der Waals surface area contributed by atoms with Gasteiger partial charge in [0.2, 0.25) is 15.8 Å². The second kappa shape index (κ2) is 11.4. The van der Waals surface area contributed by atoms with Gasteiger partial charge in [-0.25, -0.2) is 18.1 Å². The number of aryl methyl sites for hydroxylation is 2. The van der Waals surface area contributed by atoms with E-state index in [1.807, 2.05) is 44.2 Å². The van der Waals surface area contributed by atoms with Crippen LogP contribution < -0.4 is 14.8 Å². The number of ether oxygens (including phenoxy) is 1. The number of thiazole rings is 1. The van der Waals surface area contributed by atoms with Crippen LogP contribution in [-0.4, -0.2) is 39.4 Å². The van der Waals surface area contributed by atoms with Crippen LogP contribution in [-0.2, 0) is 10.0 Å². The Labute approximate surface area is 199 Å². The lowest BCUT2D eigenvalue weighted by molar-refractivity contribution is 0.104. The number of ketones is 1. The van der Waals surface area contributed by atoms with Crippen LogP contribution in [0.3, 0.4) is 0 Å². The van der Waals surface area contributed by atoms with Crippen molar-refractivity contribution in [3.8, 4) is 5.75 Å². The molecule has 9 heteroatoms. The standard InChI is InChI=1S/C24H29N3O4S2/c1-17-11-12-20(31-3)22(15-17)33(29,30)27-14-8-4-7-13-25-24-26-16-21(32-24)23(28)19-10-6-5-9-18(19)2/h5-6,9-12,15-16,27H,4,7-8,13-14H2,1-3H3,(H,25,26). The van der Waals surface area contributed by atoms with Gasteiger partial charge in [0.1, 0.15) is 10.6 Å². The number of carbonyl (C=O) groups excluding carboxylic acids is 1. The molecule has 0 amide bonds. The van der Waals surface area contributed by atoms with Crippen molar-refractivity contribution in [2.75, 3.05) is 25.5 Å². The molecule has 0 radical (unpaired) electrons. The molecule has 2 N–H and O–H groups in total. The van der Waals surface area contributed by atoms with E-state index in [9.17, 15) is 13.2 Å². The van der Waals surface area contributed by atoms with Crippen molar-refractivity contribution in [1.82, 2.24) is 9.71 Å². The van der Waals surface area contributed by atoms with E-state index < -0.39 is 10.0 Å². The van der Waals surface area contributed by atoms with E-state index in [1.54, 1.807) is 18.3 Å². The second-order valence-electron chi connectivity index (χ2n) is 7.71. The smallest absolute Gasteiger partial charge is 0.244 e. The molecule has 0 aliphatic heterocycles. The summed E-state index contributed by atoms with van der Waals surface area (Å²) in [4.78, 5) is 17.7. The Hall–Kier alpha value is -2.75. The molecule has 7 nitrogen and oxygen atoms in total. The minimum atomic E-state index is -3.62. The van der Waals surface area contributed by atoms with Crippen molar-refractivity contribution in [3.63, 3.8) is 0 Å². The average Bonchev–Trinajstić information content (AvgIpc) is 3.27. The average molecular weight is 488 g/mol. The van der Waals surface area contributed by atoms with E-state index in [0.717, 1.165) is 24.0 Å². The summed E-state index contributed by atoms with van der Waals surface area (Å²) in [5, 5.41) is 3.95. The molecule has 0 aliphatic carbocycles. The number of anilines is 1. The molecule has 0 aliphatic rings. The molecule has 0 unspecified atom stereocenters. The summed E-state index contributed by atoms with van der Waals surface area (Å²) in [5.41, 5.74) is 2.49. The maximum absolute atomic E-state index is 12.6. The van der Waals surface area contributed by atoms with Crippen LogP contribution in [0.15, 0.2) is 53.6 Å². The minimum Gasteiger partial charge on any atom is -0.495 e. The van der Waals surface area contributed by atoms with E-state index in [-0.39, 0.29) is 10.7 Å². The van der Waals surface area contributed by atoms with Gasteiger partial charge in [0.15, 0.2) is 5.13 Å². The van der Waals surface area contributed by atoms with E-state index in [2.05, 4.69) is 15.0 Å². The Bertz CT molecular complexity index is 1210. The maximum Gasteiger partial charge on any atom is 0.244 e. The van der Waals surface area contributed by atoms with Gasteiger partial charge in [0.25, 0.3) is 0 Å². The first-order valence-corrected chi connectivity index (χ1v) is 13.1. The molecule has 0 saturated heterocycles. The highest BCUT2D eigenvalue weighted by atomic mass is 32.2. The van der Waals surface area contributed by atoms with Crippen molar-refractivity contribution in [3.05, 3.63) is 70.2 Å². The molecule has 3 aromatic rings. The first-order valence-electron chi connectivity index (χ1n) is 10.8. The van der Waals surface area contributed by atoms with Crippen LogP contribution in [0.4, 0.5) is 5.13 Å². The Morgan fingerprint density at radius 2 is 1.82 bits per heavy atom. The van der Waals surface area contributed by atoms with Crippen LogP contribution in [0.25, 0.3) is 0 Å². The maximum atomic E-state index is 12.6. The molecule has 0 atom stereocenters. The summed E-state index contributed by atoms with van der Waals surface area (Å²) in [6.07, 6.45) is 4.02. The molecule has 0 spiro atoms. The minimum absolute atomic E-state index is 0.0174. The lowest BCUT2D eigenvalue weighted by Gasteiger charge is -2.11. The fourth-order valence-corrected chi connectivity index (χ4v) is 5.44. The molecule has 2 aromatic carbocycles. The number of hydrogen-bond acceptors (Lipinski definition) is 7. The normalized spacial score (nSPS) is 11.4. The predicted octanol–water partition coefficient (Wildman–Crippen LogP) is 4.56. The molecule has 1 aromatic heterocycles. The largest absolute Gasteiger partial charge is 0.495 e. The molecular formula is C24H29N3O4S2. The van der Waals surface area contributed by atoms with Crippen LogP contribution in [0, 0.1) is 13.8 Å². The monoisotopic (exact) mass is 487 g/mol. The SMILES string of the molecule is COc1ccc(C)cc1S(=O)(=O)NCCCCCNc1ncc(C(=O)c2ccccc2C)s1. The Balaban J connectivity index is 1.40. The molecule has 0 bridgehead atoms. The first-order chi connectivity index (χ1) is 15.8. The summed E-state index contributed by atoms with van der Waals surface area (Å²) < 4.78 is 33.0. The van der Waals surface area contributed by atoms with Crippen LogP contribution in [0.5, 0.6) is 5.75 Å². The predicted molar refractivity (Wildman–Crippen MR) is 132 cm³/mol. The number of aromatic nitrogens is 1. The zero-order valence-corrected chi connectivity index (χ0v) is 20.7. The van der Waals surface area contributed by atoms with Gasteiger partial charge in [0.05, 0.1) is 18.2 Å². The number of benzene rings is 2. The number of nitrogens with zero attached hydrogens (tertiary/aromatic N) is 1. The topological polar surface area (TPSA) is 97.4 Å². The number of carbonyl (C=O) groups is 1. The summed E-state index contributed by atoms with van der Waals surface area (Å²) in [6.45, 7) is 4.82. The molecule has 0 saturated carbocycles. The molecule has 1 heterocycles.